The van der Waals surface area contributed by atoms with Gasteiger partial charge in [0.25, 0.3) is 0 Å². The largest absolute Gasteiger partial charge is 0.310 e. The summed E-state index contributed by atoms with van der Waals surface area (Å²) in [4.78, 5) is 0. The van der Waals surface area contributed by atoms with Gasteiger partial charge >= 0.3 is 0 Å². The number of hydrogen-bond acceptors (Lipinski definition) is 2. The second-order valence-corrected chi connectivity index (χ2v) is 6.81. The number of hydrogen-bond donors (Lipinski definition) is 1. The van der Waals surface area contributed by atoms with Gasteiger partial charge in [-0.3, -0.25) is 0 Å². The van der Waals surface area contributed by atoms with Gasteiger partial charge in [0.05, 0.1) is 0 Å². The molecule has 1 N–H and O–H groups in total. The van der Waals surface area contributed by atoms with Crippen LogP contribution in [0.4, 0.5) is 0 Å². The molecule has 1 nitrogen and oxygen atoms in total. The minimum atomic E-state index is 0.525. The van der Waals surface area contributed by atoms with Crippen LogP contribution in [0.1, 0.15) is 41.0 Å². The molecule has 0 aromatic heterocycles. The van der Waals surface area contributed by atoms with Gasteiger partial charge in [0, 0.05) is 17.8 Å². The Kier molecular flexibility index (Phi) is 4.32. The van der Waals surface area contributed by atoms with Gasteiger partial charge in [-0.25, -0.2) is 0 Å². The zero-order valence-electron chi connectivity index (χ0n) is 10.3. The van der Waals surface area contributed by atoms with E-state index in [1.54, 1.807) is 0 Å². The van der Waals surface area contributed by atoms with Crippen molar-refractivity contribution in [2.75, 3.05) is 11.5 Å². The fraction of sp³-hybridized carbons (Fsp3) is 1.00. The number of thioether (sulfide) groups is 1. The van der Waals surface area contributed by atoms with E-state index in [-0.39, 0.29) is 0 Å². The predicted molar refractivity (Wildman–Crippen MR) is 66.9 cm³/mol. The number of rotatable bonds is 3. The van der Waals surface area contributed by atoms with Gasteiger partial charge in [-0.15, -0.1) is 0 Å². The Labute approximate surface area is 93.4 Å². The molecule has 0 amide bonds. The zero-order valence-corrected chi connectivity index (χ0v) is 11.1. The van der Waals surface area contributed by atoms with Crippen molar-refractivity contribution in [3.8, 4) is 0 Å². The average molecular weight is 215 g/mol. The van der Waals surface area contributed by atoms with Crippen LogP contribution in [0.15, 0.2) is 0 Å². The molecule has 2 heteroatoms. The third-order valence-electron chi connectivity index (χ3n) is 3.11. The van der Waals surface area contributed by atoms with Crippen LogP contribution < -0.4 is 5.32 Å². The first-order valence-corrected chi connectivity index (χ1v) is 6.90. The summed E-state index contributed by atoms with van der Waals surface area (Å²) in [5, 5.41) is 3.75. The van der Waals surface area contributed by atoms with Crippen molar-refractivity contribution >= 4 is 11.8 Å². The second-order valence-electron chi connectivity index (χ2n) is 5.78. The molecule has 0 spiro atoms. The van der Waals surface area contributed by atoms with Crippen LogP contribution in [-0.2, 0) is 0 Å². The standard InChI is InChI=1S/C12H25NS/c1-9(2)10(3)13-11-6-12(4,5)8-14-7-11/h9-11,13H,6-8H2,1-5H3. The van der Waals surface area contributed by atoms with Crippen LogP contribution in [0.3, 0.4) is 0 Å². The molecule has 14 heavy (non-hydrogen) atoms. The molecular formula is C12H25NS. The minimum absolute atomic E-state index is 0.525. The van der Waals surface area contributed by atoms with Crippen LogP contribution in [0.25, 0.3) is 0 Å². The highest BCUT2D eigenvalue weighted by molar-refractivity contribution is 7.99. The summed E-state index contributed by atoms with van der Waals surface area (Å²) in [6.07, 6.45) is 1.33. The molecule has 0 radical (unpaired) electrons. The molecule has 0 aliphatic carbocycles. The fourth-order valence-corrected chi connectivity index (χ4v) is 3.22. The van der Waals surface area contributed by atoms with Gasteiger partial charge in [0.15, 0.2) is 0 Å². The third kappa shape index (κ3) is 3.82. The van der Waals surface area contributed by atoms with Gasteiger partial charge < -0.3 is 5.32 Å². The monoisotopic (exact) mass is 215 g/mol. The summed E-state index contributed by atoms with van der Waals surface area (Å²) in [5.41, 5.74) is 0.525. The van der Waals surface area contributed by atoms with Crippen molar-refractivity contribution in [2.24, 2.45) is 11.3 Å². The fourth-order valence-electron chi connectivity index (χ4n) is 1.93. The van der Waals surface area contributed by atoms with Crippen LogP contribution in [0.2, 0.25) is 0 Å². The molecule has 1 rings (SSSR count). The quantitative estimate of drug-likeness (QED) is 0.776. The molecule has 1 aliphatic rings. The molecule has 0 bridgehead atoms. The van der Waals surface area contributed by atoms with Gasteiger partial charge in [-0.05, 0) is 30.4 Å². The third-order valence-corrected chi connectivity index (χ3v) is 4.73. The topological polar surface area (TPSA) is 12.0 Å². The van der Waals surface area contributed by atoms with E-state index in [4.69, 9.17) is 0 Å². The van der Waals surface area contributed by atoms with Crippen molar-refractivity contribution in [2.45, 2.75) is 53.1 Å². The Morgan fingerprint density at radius 3 is 2.43 bits per heavy atom. The maximum absolute atomic E-state index is 3.75. The number of nitrogens with one attached hydrogen (secondary N) is 1. The highest BCUT2D eigenvalue weighted by Gasteiger charge is 2.29. The maximum atomic E-state index is 3.75. The Morgan fingerprint density at radius 2 is 1.93 bits per heavy atom. The van der Waals surface area contributed by atoms with Crippen LogP contribution in [-0.4, -0.2) is 23.6 Å². The minimum Gasteiger partial charge on any atom is -0.310 e. The Balaban J connectivity index is 2.38. The van der Waals surface area contributed by atoms with Crippen LogP contribution >= 0.6 is 11.8 Å². The normalized spacial score (nSPS) is 29.1. The smallest absolute Gasteiger partial charge is 0.0166 e. The van der Waals surface area contributed by atoms with Crippen molar-refractivity contribution in [3.63, 3.8) is 0 Å². The second kappa shape index (κ2) is 4.89. The Bertz CT molecular complexity index is 177. The summed E-state index contributed by atoms with van der Waals surface area (Å²) >= 11 is 2.10. The molecule has 0 aromatic carbocycles. The Hall–Kier alpha value is 0.310. The van der Waals surface area contributed by atoms with Gasteiger partial charge in [-0.1, -0.05) is 27.7 Å². The van der Waals surface area contributed by atoms with E-state index in [9.17, 15) is 0 Å². The van der Waals surface area contributed by atoms with E-state index in [0.29, 0.717) is 11.5 Å². The molecule has 1 heterocycles. The van der Waals surface area contributed by atoms with Gasteiger partial charge in [0.2, 0.25) is 0 Å². The lowest BCUT2D eigenvalue weighted by atomic mass is 9.87. The molecule has 2 unspecified atom stereocenters. The average Bonchev–Trinajstić information content (AvgIpc) is 2.01. The molecular weight excluding hydrogens is 190 g/mol. The molecule has 2 atom stereocenters. The summed E-state index contributed by atoms with van der Waals surface area (Å²) in [6.45, 7) is 11.6. The van der Waals surface area contributed by atoms with E-state index in [2.05, 4.69) is 51.7 Å². The first-order chi connectivity index (χ1) is 6.41. The molecule has 0 saturated carbocycles. The first kappa shape index (κ1) is 12.4. The Morgan fingerprint density at radius 1 is 1.29 bits per heavy atom. The van der Waals surface area contributed by atoms with E-state index < -0.39 is 0 Å². The van der Waals surface area contributed by atoms with Gasteiger partial charge in [-0.2, -0.15) is 11.8 Å². The first-order valence-electron chi connectivity index (χ1n) is 5.74. The summed E-state index contributed by atoms with van der Waals surface area (Å²) in [5.74, 6) is 3.35. The SMILES string of the molecule is CC(C)C(C)NC1CSCC(C)(C)C1. The molecule has 1 saturated heterocycles. The summed E-state index contributed by atoms with van der Waals surface area (Å²) in [7, 11) is 0. The van der Waals surface area contributed by atoms with Gasteiger partial charge in [0.1, 0.15) is 0 Å². The molecule has 1 fully saturated rings. The van der Waals surface area contributed by atoms with Crippen LogP contribution in [0, 0.1) is 11.3 Å². The van der Waals surface area contributed by atoms with E-state index in [1.165, 1.54) is 17.9 Å². The van der Waals surface area contributed by atoms with Crippen molar-refractivity contribution in [3.05, 3.63) is 0 Å². The highest BCUT2D eigenvalue weighted by atomic mass is 32.2. The van der Waals surface area contributed by atoms with Crippen LogP contribution in [0.5, 0.6) is 0 Å². The zero-order chi connectivity index (χ0) is 10.8. The van der Waals surface area contributed by atoms with E-state index in [1.807, 2.05) is 0 Å². The van der Waals surface area contributed by atoms with Crippen molar-refractivity contribution in [1.29, 1.82) is 0 Å². The van der Waals surface area contributed by atoms with E-state index >= 15 is 0 Å². The molecule has 84 valence electrons. The highest BCUT2D eigenvalue weighted by Crippen LogP contribution is 2.33. The maximum Gasteiger partial charge on any atom is 0.0166 e. The predicted octanol–water partition coefficient (Wildman–Crippen LogP) is 3.15. The lowest BCUT2D eigenvalue weighted by Crippen LogP contribution is -2.45. The van der Waals surface area contributed by atoms with Crippen molar-refractivity contribution < 1.29 is 0 Å². The van der Waals surface area contributed by atoms with E-state index in [0.717, 1.165) is 12.0 Å². The lowest BCUT2D eigenvalue weighted by molar-refractivity contribution is 0.285. The summed E-state index contributed by atoms with van der Waals surface area (Å²) < 4.78 is 0. The lowest BCUT2D eigenvalue weighted by Gasteiger charge is -2.37. The molecule has 1 aliphatic heterocycles. The molecule has 0 aromatic rings. The summed E-state index contributed by atoms with van der Waals surface area (Å²) in [6, 6.07) is 1.37. The van der Waals surface area contributed by atoms with Crippen molar-refractivity contribution in [1.82, 2.24) is 5.32 Å².